The normalized spacial score (nSPS) is 16.6. The molecule has 0 spiro atoms. The van der Waals surface area contributed by atoms with Crippen LogP contribution in [0.1, 0.15) is 18.9 Å². The maximum absolute atomic E-state index is 10.0. The molecule has 0 bridgehead atoms. The predicted molar refractivity (Wildman–Crippen MR) is 133 cm³/mol. The van der Waals surface area contributed by atoms with Crippen molar-refractivity contribution in [3.8, 4) is 23.1 Å². The fourth-order valence-electron chi connectivity index (χ4n) is 4.12. The standard InChI is InChI=1S/C24H23N4OPS/c1-2-27-22-14-19(29-23-16-30-12-10-26-23)8-9-20(22)21(15-25)24(27)17-4-6-18(7-5-17)28-11-3-13-31-28/h4-10,14,16,30H,2-3,11-13H2,1H3. The lowest BCUT2D eigenvalue weighted by atomic mass is 10.1. The molecule has 3 heterocycles. The molecule has 1 unspecified atom stereocenters. The summed E-state index contributed by atoms with van der Waals surface area (Å²) in [5, 5.41) is 11.0. The van der Waals surface area contributed by atoms with E-state index in [9.17, 15) is 5.26 Å². The summed E-state index contributed by atoms with van der Waals surface area (Å²) in [6.07, 6.45) is 4.11. The van der Waals surface area contributed by atoms with E-state index < -0.39 is 0 Å². The van der Waals surface area contributed by atoms with Crippen molar-refractivity contribution in [2.75, 3.05) is 22.8 Å². The summed E-state index contributed by atoms with van der Waals surface area (Å²) >= 11 is 1.88. The summed E-state index contributed by atoms with van der Waals surface area (Å²) in [5.41, 5.74) is 4.97. The van der Waals surface area contributed by atoms with Gasteiger partial charge in [-0.1, -0.05) is 20.7 Å². The van der Waals surface area contributed by atoms with E-state index in [2.05, 4.69) is 51.1 Å². The third-order valence-corrected chi connectivity index (χ3v) is 7.57. The number of benzene rings is 2. The summed E-state index contributed by atoms with van der Waals surface area (Å²) < 4.78 is 10.5. The molecule has 1 fully saturated rings. The molecule has 0 N–H and O–H groups in total. The zero-order chi connectivity index (χ0) is 21.2. The van der Waals surface area contributed by atoms with Crippen LogP contribution >= 0.6 is 20.5 Å². The SMILES string of the molecule is CCn1c(-c2ccc(N3CCCS3)cc2)c(C#N)c2ccc(OC3=CPCC=N3)cc21. The van der Waals surface area contributed by atoms with Crippen LogP contribution in [0, 0.1) is 11.3 Å². The van der Waals surface area contributed by atoms with Crippen LogP contribution in [0.25, 0.3) is 22.2 Å². The van der Waals surface area contributed by atoms with Gasteiger partial charge in [-0.25, -0.2) is 4.99 Å². The van der Waals surface area contributed by atoms with Gasteiger partial charge in [-0.05, 0) is 60.9 Å². The first-order chi connectivity index (χ1) is 15.3. The molecule has 7 heteroatoms. The highest BCUT2D eigenvalue weighted by Crippen LogP contribution is 2.37. The Morgan fingerprint density at radius 1 is 1.23 bits per heavy atom. The minimum Gasteiger partial charge on any atom is -0.439 e. The summed E-state index contributed by atoms with van der Waals surface area (Å²) in [5.74, 6) is 4.61. The van der Waals surface area contributed by atoms with Crippen molar-refractivity contribution >= 4 is 43.3 Å². The Hall–Kier alpha value is -2.74. The largest absolute Gasteiger partial charge is 0.439 e. The van der Waals surface area contributed by atoms with Gasteiger partial charge in [0.05, 0.1) is 16.8 Å². The molecule has 1 aromatic heterocycles. The first-order valence-electron chi connectivity index (χ1n) is 10.5. The van der Waals surface area contributed by atoms with E-state index in [0.29, 0.717) is 20.0 Å². The number of nitrogens with zero attached hydrogens (tertiary/aromatic N) is 4. The summed E-state index contributed by atoms with van der Waals surface area (Å²) in [7, 11) is 0.707. The molecule has 2 aromatic carbocycles. The Balaban J connectivity index is 1.56. The second-order valence-electron chi connectivity index (χ2n) is 7.40. The Labute approximate surface area is 188 Å². The van der Waals surface area contributed by atoms with Gasteiger partial charge < -0.3 is 13.6 Å². The number of aliphatic imine (C=N–C) groups is 1. The van der Waals surface area contributed by atoms with Crippen LogP contribution in [-0.4, -0.2) is 29.2 Å². The summed E-state index contributed by atoms with van der Waals surface area (Å²) in [4.78, 5) is 4.33. The highest BCUT2D eigenvalue weighted by Gasteiger charge is 2.20. The summed E-state index contributed by atoms with van der Waals surface area (Å²) in [6.45, 7) is 3.97. The van der Waals surface area contributed by atoms with Gasteiger partial charge in [0.15, 0.2) is 0 Å². The molecular formula is C24H23N4OPS. The van der Waals surface area contributed by atoms with Crippen molar-refractivity contribution in [2.24, 2.45) is 4.99 Å². The fourth-order valence-corrected chi connectivity index (χ4v) is 5.75. The average molecular weight is 447 g/mol. The molecule has 2 aliphatic rings. The lowest BCUT2D eigenvalue weighted by molar-refractivity contribution is 0.423. The van der Waals surface area contributed by atoms with Crippen molar-refractivity contribution in [1.29, 1.82) is 5.26 Å². The maximum atomic E-state index is 10.0. The molecule has 1 saturated heterocycles. The molecule has 3 aromatic rings. The van der Waals surface area contributed by atoms with E-state index in [0.717, 1.165) is 47.2 Å². The van der Waals surface area contributed by atoms with Crippen LogP contribution in [0.5, 0.6) is 5.75 Å². The highest BCUT2D eigenvalue weighted by atomic mass is 32.2. The smallest absolute Gasteiger partial charge is 0.219 e. The predicted octanol–water partition coefficient (Wildman–Crippen LogP) is 6.00. The Morgan fingerprint density at radius 3 is 2.77 bits per heavy atom. The van der Waals surface area contributed by atoms with Crippen molar-refractivity contribution in [1.82, 2.24) is 4.57 Å². The van der Waals surface area contributed by atoms with Gasteiger partial charge in [-0.15, -0.1) is 0 Å². The van der Waals surface area contributed by atoms with Crippen molar-refractivity contribution in [3.63, 3.8) is 0 Å². The molecule has 2 aliphatic heterocycles. The minimum absolute atomic E-state index is 0.648. The zero-order valence-corrected chi connectivity index (χ0v) is 19.2. The van der Waals surface area contributed by atoms with Crippen molar-refractivity contribution in [2.45, 2.75) is 19.9 Å². The van der Waals surface area contributed by atoms with Gasteiger partial charge in [-0.2, -0.15) is 5.26 Å². The third kappa shape index (κ3) is 3.84. The molecule has 1 atom stereocenters. The van der Waals surface area contributed by atoms with E-state index in [1.165, 1.54) is 17.9 Å². The number of nitriles is 1. The fraction of sp³-hybridized carbons (Fsp3) is 0.250. The highest BCUT2D eigenvalue weighted by molar-refractivity contribution is 8.00. The number of fused-ring (bicyclic) bond motifs is 1. The van der Waals surface area contributed by atoms with Crippen LogP contribution < -0.4 is 9.04 Å². The topological polar surface area (TPSA) is 53.5 Å². The minimum atomic E-state index is 0.648. The lowest BCUT2D eigenvalue weighted by Gasteiger charge is -2.16. The van der Waals surface area contributed by atoms with E-state index in [4.69, 9.17) is 4.74 Å². The van der Waals surface area contributed by atoms with Crippen LogP contribution in [-0.2, 0) is 6.54 Å². The number of ether oxygens (including phenoxy) is 1. The zero-order valence-electron chi connectivity index (χ0n) is 17.3. The Morgan fingerprint density at radius 2 is 2.10 bits per heavy atom. The lowest BCUT2D eigenvalue weighted by Crippen LogP contribution is -2.08. The molecule has 0 saturated carbocycles. The first-order valence-corrected chi connectivity index (χ1v) is 12.7. The van der Waals surface area contributed by atoms with E-state index >= 15 is 0 Å². The average Bonchev–Trinajstić information content (AvgIpc) is 3.46. The monoisotopic (exact) mass is 446 g/mol. The van der Waals surface area contributed by atoms with Gasteiger partial charge >= 0.3 is 0 Å². The molecule has 0 amide bonds. The van der Waals surface area contributed by atoms with Gasteiger partial charge in [0, 0.05) is 48.4 Å². The molecule has 5 nitrogen and oxygen atoms in total. The van der Waals surface area contributed by atoms with Gasteiger partial charge in [0.2, 0.25) is 5.88 Å². The third-order valence-electron chi connectivity index (χ3n) is 5.52. The van der Waals surface area contributed by atoms with Crippen LogP contribution in [0.4, 0.5) is 5.69 Å². The number of rotatable bonds is 5. The van der Waals surface area contributed by atoms with Crippen LogP contribution in [0.3, 0.4) is 0 Å². The van der Waals surface area contributed by atoms with E-state index in [1.807, 2.05) is 42.2 Å². The number of hydrogen-bond donors (Lipinski definition) is 0. The molecule has 156 valence electrons. The van der Waals surface area contributed by atoms with Crippen LogP contribution in [0.2, 0.25) is 0 Å². The van der Waals surface area contributed by atoms with Crippen molar-refractivity contribution < 1.29 is 4.74 Å². The second kappa shape index (κ2) is 8.78. The number of aromatic nitrogens is 1. The molecular weight excluding hydrogens is 423 g/mol. The first kappa shape index (κ1) is 20.2. The quantitative estimate of drug-likeness (QED) is 0.356. The van der Waals surface area contributed by atoms with Gasteiger partial charge in [-0.3, -0.25) is 0 Å². The van der Waals surface area contributed by atoms with E-state index in [-0.39, 0.29) is 0 Å². The second-order valence-corrected chi connectivity index (χ2v) is 9.61. The van der Waals surface area contributed by atoms with Crippen molar-refractivity contribution in [3.05, 3.63) is 59.7 Å². The molecule has 0 radical (unpaired) electrons. The number of hydrogen-bond acceptors (Lipinski definition) is 5. The molecule has 0 aliphatic carbocycles. The number of aryl methyl sites for hydroxylation is 1. The van der Waals surface area contributed by atoms with E-state index in [1.54, 1.807) is 0 Å². The molecule has 31 heavy (non-hydrogen) atoms. The van der Waals surface area contributed by atoms with Crippen LogP contribution in [0.15, 0.2) is 59.2 Å². The Kier molecular flexibility index (Phi) is 5.72. The van der Waals surface area contributed by atoms with Gasteiger partial charge in [0.25, 0.3) is 0 Å². The Bertz CT molecular complexity index is 1220. The summed E-state index contributed by atoms with van der Waals surface area (Å²) in [6, 6.07) is 17.0. The van der Waals surface area contributed by atoms with Gasteiger partial charge in [0.1, 0.15) is 11.8 Å². The number of anilines is 1. The molecule has 5 rings (SSSR count). The maximum Gasteiger partial charge on any atom is 0.219 e.